The van der Waals surface area contributed by atoms with E-state index in [-0.39, 0.29) is 12.6 Å². The number of aliphatic carboxylic acids is 1. The van der Waals surface area contributed by atoms with E-state index in [1.54, 1.807) is 12.0 Å². The molecule has 0 aromatic heterocycles. The number of carboxylic acid groups (broad SMARTS) is 1. The highest BCUT2D eigenvalue weighted by Crippen LogP contribution is 2.37. The SMILES string of the molecule is COCCN(CC(C)C)C(=O)NCC1(C(=O)O)CCCC1. The zero-order chi connectivity index (χ0) is 15.9. The third kappa shape index (κ3) is 5.19. The van der Waals surface area contributed by atoms with Gasteiger partial charge in [-0.1, -0.05) is 26.7 Å². The summed E-state index contributed by atoms with van der Waals surface area (Å²) in [7, 11) is 1.60. The average Bonchev–Trinajstić information content (AvgIpc) is 2.90. The molecule has 2 amide bonds. The Labute approximate surface area is 126 Å². The molecule has 0 radical (unpaired) electrons. The standard InChI is InChI=1S/C15H28N2O4/c1-12(2)10-17(8-9-21-3)14(20)16-11-15(13(18)19)6-4-5-7-15/h12H,4-11H2,1-3H3,(H,16,20)(H,18,19). The Balaban J connectivity index is 2.57. The first-order valence-electron chi connectivity index (χ1n) is 7.66. The van der Waals surface area contributed by atoms with Gasteiger partial charge in [-0.05, 0) is 18.8 Å². The Kier molecular flexibility index (Phi) is 6.95. The van der Waals surface area contributed by atoms with Gasteiger partial charge < -0.3 is 20.1 Å². The zero-order valence-electron chi connectivity index (χ0n) is 13.4. The van der Waals surface area contributed by atoms with Crippen LogP contribution in [0.4, 0.5) is 4.79 Å². The summed E-state index contributed by atoms with van der Waals surface area (Å²) >= 11 is 0. The molecule has 122 valence electrons. The Bertz CT molecular complexity index is 352. The molecule has 1 aliphatic rings. The van der Waals surface area contributed by atoms with Crippen molar-refractivity contribution in [1.82, 2.24) is 10.2 Å². The fraction of sp³-hybridized carbons (Fsp3) is 0.867. The molecular formula is C15H28N2O4. The molecule has 0 aliphatic heterocycles. The molecule has 0 aromatic rings. The Morgan fingerprint density at radius 2 is 1.95 bits per heavy atom. The monoisotopic (exact) mass is 300 g/mol. The maximum atomic E-state index is 12.3. The van der Waals surface area contributed by atoms with Crippen LogP contribution in [-0.4, -0.2) is 55.4 Å². The van der Waals surface area contributed by atoms with Crippen LogP contribution in [0.3, 0.4) is 0 Å². The normalized spacial score (nSPS) is 17.0. The number of ether oxygens (including phenoxy) is 1. The van der Waals surface area contributed by atoms with Gasteiger partial charge in [-0.2, -0.15) is 0 Å². The number of amides is 2. The molecule has 2 N–H and O–H groups in total. The van der Waals surface area contributed by atoms with Gasteiger partial charge in [0.05, 0.1) is 12.0 Å². The third-order valence-electron chi connectivity index (χ3n) is 4.03. The topological polar surface area (TPSA) is 78.9 Å². The first kappa shape index (κ1) is 17.8. The van der Waals surface area contributed by atoms with Crippen molar-refractivity contribution in [3.8, 4) is 0 Å². The van der Waals surface area contributed by atoms with Crippen LogP contribution in [0.5, 0.6) is 0 Å². The van der Waals surface area contributed by atoms with Gasteiger partial charge in [0.25, 0.3) is 0 Å². The molecule has 1 rings (SSSR count). The van der Waals surface area contributed by atoms with Crippen molar-refractivity contribution in [3.63, 3.8) is 0 Å². The molecule has 0 saturated heterocycles. The van der Waals surface area contributed by atoms with Crippen LogP contribution in [-0.2, 0) is 9.53 Å². The zero-order valence-corrected chi connectivity index (χ0v) is 13.4. The Morgan fingerprint density at radius 1 is 1.33 bits per heavy atom. The first-order valence-corrected chi connectivity index (χ1v) is 7.66. The lowest BCUT2D eigenvalue weighted by molar-refractivity contribution is -0.148. The fourth-order valence-electron chi connectivity index (χ4n) is 2.79. The number of rotatable bonds is 8. The van der Waals surface area contributed by atoms with Gasteiger partial charge in [0.1, 0.15) is 0 Å². The smallest absolute Gasteiger partial charge is 0.317 e. The molecule has 21 heavy (non-hydrogen) atoms. The average molecular weight is 300 g/mol. The highest BCUT2D eigenvalue weighted by molar-refractivity contribution is 5.78. The van der Waals surface area contributed by atoms with Gasteiger partial charge in [-0.25, -0.2) is 4.79 Å². The van der Waals surface area contributed by atoms with Crippen molar-refractivity contribution in [2.45, 2.75) is 39.5 Å². The molecule has 0 bridgehead atoms. The summed E-state index contributed by atoms with van der Waals surface area (Å²) in [5.41, 5.74) is -0.777. The lowest BCUT2D eigenvalue weighted by Gasteiger charge is -2.28. The lowest BCUT2D eigenvalue weighted by Crippen LogP contribution is -2.48. The molecule has 1 fully saturated rings. The van der Waals surface area contributed by atoms with Gasteiger partial charge >= 0.3 is 12.0 Å². The molecule has 0 spiro atoms. The van der Waals surface area contributed by atoms with Crippen LogP contribution < -0.4 is 5.32 Å². The molecule has 0 aromatic carbocycles. The number of carbonyl (C=O) groups is 2. The minimum Gasteiger partial charge on any atom is -0.481 e. The summed E-state index contributed by atoms with van der Waals surface area (Å²) in [4.78, 5) is 25.4. The van der Waals surface area contributed by atoms with Crippen LogP contribution in [0, 0.1) is 11.3 Å². The van der Waals surface area contributed by atoms with E-state index >= 15 is 0 Å². The molecular weight excluding hydrogens is 272 g/mol. The predicted octanol–water partition coefficient (Wildman–Crippen LogP) is 1.95. The van der Waals surface area contributed by atoms with Crippen molar-refractivity contribution in [3.05, 3.63) is 0 Å². The second-order valence-corrected chi connectivity index (χ2v) is 6.28. The van der Waals surface area contributed by atoms with Crippen LogP contribution in [0.1, 0.15) is 39.5 Å². The third-order valence-corrected chi connectivity index (χ3v) is 4.03. The molecule has 0 unspecified atom stereocenters. The van der Waals surface area contributed by atoms with Crippen molar-refractivity contribution in [1.29, 1.82) is 0 Å². The maximum Gasteiger partial charge on any atom is 0.317 e. The van der Waals surface area contributed by atoms with E-state index in [2.05, 4.69) is 5.32 Å². The van der Waals surface area contributed by atoms with E-state index < -0.39 is 11.4 Å². The number of nitrogens with zero attached hydrogens (tertiary/aromatic N) is 1. The van der Waals surface area contributed by atoms with E-state index in [9.17, 15) is 14.7 Å². The summed E-state index contributed by atoms with van der Waals surface area (Å²) in [5.74, 6) is -0.444. The van der Waals surface area contributed by atoms with E-state index in [0.717, 1.165) is 12.8 Å². The largest absolute Gasteiger partial charge is 0.481 e. The van der Waals surface area contributed by atoms with Crippen LogP contribution >= 0.6 is 0 Å². The molecule has 1 aliphatic carbocycles. The minimum absolute atomic E-state index is 0.201. The number of hydrogen-bond acceptors (Lipinski definition) is 3. The van der Waals surface area contributed by atoms with E-state index in [1.165, 1.54) is 0 Å². The van der Waals surface area contributed by atoms with Gasteiger partial charge in [0.15, 0.2) is 0 Å². The van der Waals surface area contributed by atoms with E-state index in [0.29, 0.717) is 38.5 Å². The minimum atomic E-state index is -0.799. The van der Waals surface area contributed by atoms with Crippen molar-refractivity contribution >= 4 is 12.0 Å². The molecule has 0 heterocycles. The number of hydrogen-bond donors (Lipinski definition) is 2. The van der Waals surface area contributed by atoms with Crippen LogP contribution in [0.2, 0.25) is 0 Å². The summed E-state index contributed by atoms with van der Waals surface area (Å²) in [6.07, 6.45) is 3.12. The van der Waals surface area contributed by atoms with Crippen molar-refractivity contribution in [2.75, 3.05) is 33.4 Å². The highest BCUT2D eigenvalue weighted by atomic mass is 16.5. The molecule has 6 heteroatoms. The van der Waals surface area contributed by atoms with E-state index in [4.69, 9.17) is 4.74 Å². The van der Waals surface area contributed by atoms with Crippen LogP contribution in [0.15, 0.2) is 0 Å². The number of urea groups is 1. The first-order chi connectivity index (χ1) is 9.91. The van der Waals surface area contributed by atoms with Crippen molar-refractivity contribution < 1.29 is 19.4 Å². The molecule has 6 nitrogen and oxygen atoms in total. The second kappa shape index (κ2) is 8.22. The quantitative estimate of drug-likeness (QED) is 0.718. The molecule has 0 atom stereocenters. The maximum absolute atomic E-state index is 12.3. The summed E-state index contributed by atoms with van der Waals surface area (Å²) in [6.45, 7) is 5.92. The van der Waals surface area contributed by atoms with Crippen LogP contribution in [0.25, 0.3) is 0 Å². The second-order valence-electron chi connectivity index (χ2n) is 6.28. The number of carboxylic acids is 1. The van der Waals surface area contributed by atoms with Gasteiger partial charge in [0, 0.05) is 26.7 Å². The summed E-state index contributed by atoms with van der Waals surface area (Å²) < 4.78 is 5.02. The Hall–Kier alpha value is -1.30. The lowest BCUT2D eigenvalue weighted by atomic mass is 9.86. The number of carbonyl (C=O) groups excluding carboxylic acids is 1. The van der Waals surface area contributed by atoms with E-state index in [1.807, 2.05) is 13.8 Å². The van der Waals surface area contributed by atoms with Gasteiger partial charge in [-0.15, -0.1) is 0 Å². The fourth-order valence-corrected chi connectivity index (χ4v) is 2.79. The number of nitrogens with one attached hydrogen (secondary N) is 1. The summed E-state index contributed by atoms with van der Waals surface area (Å²) in [5, 5.41) is 12.2. The van der Waals surface area contributed by atoms with Crippen molar-refractivity contribution in [2.24, 2.45) is 11.3 Å². The predicted molar refractivity (Wildman–Crippen MR) is 80.2 cm³/mol. The van der Waals surface area contributed by atoms with Gasteiger partial charge in [0.2, 0.25) is 0 Å². The summed E-state index contributed by atoms with van der Waals surface area (Å²) in [6, 6.07) is -0.201. The molecule has 1 saturated carbocycles. The number of methoxy groups -OCH3 is 1. The van der Waals surface area contributed by atoms with Gasteiger partial charge in [-0.3, -0.25) is 4.79 Å². The Morgan fingerprint density at radius 3 is 2.43 bits per heavy atom. The highest BCUT2D eigenvalue weighted by Gasteiger charge is 2.41.